The number of hydrogen-bond acceptors (Lipinski definition) is 2. The second-order valence-corrected chi connectivity index (χ2v) is 8.30. The molecule has 1 fully saturated rings. The number of hydrogen-bond donors (Lipinski definition) is 2. The van der Waals surface area contributed by atoms with Crippen LogP contribution in [0.2, 0.25) is 0 Å². The first-order valence-electron chi connectivity index (χ1n) is 8.76. The zero-order chi connectivity index (χ0) is 17.0. The van der Waals surface area contributed by atoms with Crippen LogP contribution in [0, 0.1) is 11.3 Å². The fraction of sp³-hybridized carbons (Fsp3) is 0.650. The lowest BCUT2D eigenvalue weighted by atomic mass is 9.49. The molecular formula is C20H28O3. The Kier molecular flexibility index (Phi) is 3.83. The van der Waals surface area contributed by atoms with Gasteiger partial charge >= 0.3 is 5.97 Å². The Morgan fingerprint density at radius 2 is 1.96 bits per heavy atom. The normalized spacial score (nSPS) is 36.4. The molecule has 0 amide bonds. The first-order chi connectivity index (χ1) is 10.7. The summed E-state index contributed by atoms with van der Waals surface area (Å²) >= 11 is 0. The minimum atomic E-state index is -0.748. The molecule has 126 valence electrons. The molecule has 1 aromatic carbocycles. The minimum Gasteiger partial charge on any atom is -0.481 e. The van der Waals surface area contributed by atoms with Crippen LogP contribution < -0.4 is 0 Å². The first kappa shape index (κ1) is 16.5. The molecule has 0 saturated heterocycles. The van der Waals surface area contributed by atoms with Crippen LogP contribution in [0.1, 0.15) is 82.1 Å². The molecule has 1 aromatic rings. The van der Waals surface area contributed by atoms with E-state index >= 15 is 0 Å². The largest absolute Gasteiger partial charge is 0.481 e. The highest BCUT2D eigenvalue weighted by Gasteiger charge is 2.56. The Hall–Kier alpha value is -1.35. The third kappa shape index (κ3) is 2.32. The second-order valence-electron chi connectivity index (χ2n) is 8.30. The number of benzene rings is 1. The van der Waals surface area contributed by atoms with Crippen molar-refractivity contribution in [3.8, 4) is 0 Å². The van der Waals surface area contributed by atoms with Gasteiger partial charge in [-0.15, -0.1) is 0 Å². The standard InChI is InChI=1S/C20H28O3/c1-12(2)13-6-7-15-14(10-13)16(21)11-17-19(15,3)8-5-9-20(17,4)18(22)23/h6-7,10,12,16-17,21H,5,8-9,11H2,1-4H3,(H,22,23)/t16-,17-,19+,20-/m0/s1. The van der Waals surface area contributed by atoms with Crippen molar-refractivity contribution >= 4 is 5.97 Å². The summed E-state index contributed by atoms with van der Waals surface area (Å²) in [7, 11) is 0. The van der Waals surface area contributed by atoms with Crippen LogP contribution in [0.3, 0.4) is 0 Å². The SMILES string of the molecule is CC(C)c1ccc2c(c1)[C@@H](O)C[C@@H]1[C@@](C)(C(=O)O)CCC[C@]21C. The van der Waals surface area contributed by atoms with E-state index in [2.05, 4.69) is 39.0 Å². The summed E-state index contributed by atoms with van der Waals surface area (Å²) in [6, 6.07) is 6.43. The molecule has 0 radical (unpaired) electrons. The molecule has 3 nitrogen and oxygen atoms in total. The number of carboxylic acids is 1. The first-order valence-corrected chi connectivity index (χ1v) is 8.76. The van der Waals surface area contributed by atoms with E-state index in [-0.39, 0.29) is 11.3 Å². The molecule has 0 unspecified atom stereocenters. The van der Waals surface area contributed by atoms with Crippen LogP contribution in [0.4, 0.5) is 0 Å². The fourth-order valence-corrected chi connectivity index (χ4v) is 5.06. The molecule has 3 heteroatoms. The Balaban J connectivity index is 2.14. The van der Waals surface area contributed by atoms with Gasteiger partial charge in [-0.05, 0) is 60.1 Å². The van der Waals surface area contributed by atoms with Crippen molar-refractivity contribution < 1.29 is 15.0 Å². The van der Waals surface area contributed by atoms with Gasteiger partial charge in [-0.1, -0.05) is 45.4 Å². The molecule has 23 heavy (non-hydrogen) atoms. The van der Waals surface area contributed by atoms with Crippen LogP contribution in [0.5, 0.6) is 0 Å². The molecule has 2 aliphatic rings. The Morgan fingerprint density at radius 1 is 1.26 bits per heavy atom. The van der Waals surface area contributed by atoms with Crippen molar-refractivity contribution in [3.05, 3.63) is 34.9 Å². The number of rotatable bonds is 2. The zero-order valence-corrected chi connectivity index (χ0v) is 14.6. The molecule has 0 aromatic heterocycles. The summed E-state index contributed by atoms with van der Waals surface area (Å²) in [5.41, 5.74) is 2.52. The maximum atomic E-state index is 12.0. The summed E-state index contributed by atoms with van der Waals surface area (Å²) < 4.78 is 0. The van der Waals surface area contributed by atoms with E-state index in [0.717, 1.165) is 24.0 Å². The van der Waals surface area contributed by atoms with Gasteiger partial charge in [-0.3, -0.25) is 4.79 Å². The maximum Gasteiger partial charge on any atom is 0.309 e. The molecule has 0 spiro atoms. The Bertz CT molecular complexity index is 636. The van der Waals surface area contributed by atoms with Crippen molar-refractivity contribution in [3.63, 3.8) is 0 Å². The predicted octanol–water partition coefficient (Wildman–Crippen LogP) is 4.40. The maximum absolute atomic E-state index is 12.0. The van der Waals surface area contributed by atoms with E-state index < -0.39 is 17.5 Å². The van der Waals surface area contributed by atoms with Gasteiger partial charge in [0, 0.05) is 0 Å². The van der Waals surface area contributed by atoms with Crippen molar-refractivity contribution in [2.75, 3.05) is 0 Å². The highest BCUT2D eigenvalue weighted by atomic mass is 16.4. The van der Waals surface area contributed by atoms with Crippen molar-refractivity contribution in [1.82, 2.24) is 0 Å². The van der Waals surface area contributed by atoms with Gasteiger partial charge < -0.3 is 10.2 Å². The van der Waals surface area contributed by atoms with Gasteiger partial charge in [-0.25, -0.2) is 0 Å². The smallest absolute Gasteiger partial charge is 0.309 e. The fourth-order valence-electron chi connectivity index (χ4n) is 5.06. The average molecular weight is 316 g/mol. The molecule has 4 atom stereocenters. The predicted molar refractivity (Wildman–Crippen MR) is 90.5 cm³/mol. The number of fused-ring (bicyclic) bond motifs is 3. The molecule has 1 saturated carbocycles. The van der Waals surface area contributed by atoms with E-state index in [1.54, 1.807) is 0 Å². The van der Waals surface area contributed by atoms with Gasteiger partial charge in [0.15, 0.2) is 0 Å². The minimum absolute atomic E-state index is 0.0198. The topological polar surface area (TPSA) is 57.5 Å². The van der Waals surface area contributed by atoms with E-state index in [1.165, 1.54) is 5.56 Å². The number of carboxylic acid groups (broad SMARTS) is 1. The van der Waals surface area contributed by atoms with Gasteiger partial charge in [0.25, 0.3) is 0 Å². The third-order valence-electron chi connectivity index (χ3n) is 6.59. The lowest BCUT2D eigenvalue weighted by molar-refractivity contribution is -0.159. The van der Waals surface area contributed by atoms with Crippen LogP contribution in [-0.4, -0.2) is 16.2 Å². The lowest BCUT2D eigenvalue weighted by Crippen LogP contribution is -2.53. The zero-order valence-electron chi connectivity index (χ0n) is 14.6. The molecular weight excluding hydrogens is 288 g/mol. The Morgan fingerprint density at radius 3 is 2.57 bits per heavy atom. The number of aliphatic carboxylic acids is 1. The summed E-state index contributed by atoms with van der Waals surface area (Å²) in [5, 5.41) is 20.6. The van der Waals surface area contributed by atoms with Gasteiger partial charge in [0.05, 0.1) is 11.5 Å². The van der Waals surface area contributed by atoms with Crippen LogP contribution in [-0.2, 0) is 10.2 Å². The second kappa shape index (κ2) is 5.34. The summed E-state index contributed by atoms with van der Waals surface area (Å²) in [5.74, 6) is -0.315. The van der Waals surface area contributed by atoms with Gasteiger partial charge in [0.2, 0.25) is 0 Å². The van der Waals surface area contributed by atoms with Crippen LogP contribution in [0.25, 0.3) is 0 Å². The van der Waals surface area contributed by atoms with Crippen molar-refractivity contribution in [2.24, 2.45) is 11.3 Å². The highest BCUT2D eigenvalue weighted by Crippen LogP contribution is 2.59. The van der Waals surface area contributed by atoms with Crippen molar-refractivity contribution in [2.45, 2.75) is 70.8 Å². The third-order valence-corrected chi connectivity index (χ3v) is 6.59. The molecule has 0 heterocycles. The summed E-state index contributed by atoms with van der Waals surface area (Å²) in [6.45, 7) is 8.39. The van der Waals surface area contributed by atoms with Crippen LogP contribution in [0.15, 0.2) is 18.2 Å². The summed E-state index contributed by atoms with van der Waals surface area (Å²) in [6.07, 6.45) is 2.62. The van der Waals surface area contributed by atoms with Gasteiger partial charge in [-0.2, -0.15) is 0 Å². The van der Waals surface area contributed by atoms with Crippen molar-refractivity contribution in [1.29, 1.82) is 0 Å². The highest BCUT2D eigenvalue weighted by molar-refractivity contribution is 5.75. The quantitative estimate of drug-likeness (QED) is 0.850. The van der Waals surface area contributed by atoms with Gasteiger partial charge in [0.1, 0.15) is 0 Å². The van der Waals surface area contributed by atoms with E-state index in [4.69, 9.17) is 0 Å². The van der Waals surface area contributed by atoms with E-state index in [9.17, 15) is 15.0 Å². The lowest BCUT2D eigenvalue weighted by Gasteiger charge is -2.54. The molecule has 2 aliphatic carbocycles. The number of aliphatic hydroxyl groups is 1. The molecule has 0 bridgehead atoms. The van der Waals surface area contributed by atoms with E-state index in [0.29, 0.717) is 18.8 Å². The average Bonchev–Trinajstić information content (AvgIpc) is 2.49. The van der Waals surface area contributed by atoms with Crippen LogP contribution >= 0.6 is 0 Å². The molecule has 0 aliphatic heterocycles. The number of carbonyl (C=O) groups is 1. The van der Waals surface area contributed by atoms with E-state index in [1.807, 2.05) is 6.92 Å². The molecule has 3 rings (SSSR count). The Labute approximate surface area is 138 Å². The number of aliphatic hydroxyl groups excluding tert-OH is 1. The molecule has 2 N–H and O–H groups in total. The summed E-state index contributed by atoms with van der Waals surface area (Å²) in [4.78, 5) is 12.0. The monoisotopic (exact) mass is 316 g/mol.